The fourth-order valence-corrected chi connectivity index (χ4v) is 3.29. The summed E-state index contributed by atoms with van der Waals surface area (Å²) in [5, 5.41) is 5.67. The van der Waals surface area contributed by atoms with Gasteiger partial charge in [0, 0.05) is 37.9 Å². The molecule has 0 bridgehead atoms. The first-order valence-corrected chi connectivity index (χ1v) is 8.72. The van der Waals surface area contributed by atoms with Crippen LogP contribution in [0.4, 0.5) is 5.13 Å². The zero-order valence-corrected chi connectivity index (χ0v) is 15.3. The Balaban J connectivity index is 1.63. The fraction of sp³-hybridized carbons (Fsp3) is 0.562. The second kappa shape index (κ2) is 5.96. The summed E-state index contributed by atoms with van der Waals surface area (Å²) in [5.74, 6) is 1.06. The molecule has 3 rings (SSSR count). The molecule has 0 amide bonds. The Labute approximate surface area is 140 Å². The van der Waals surface area contributed by atoms with Crippen LogP contribution in [0.15, 0.2) is 18.6 Å². The van der Waals surface area contributed by atoms with Gasteiger partial charge in [0.25, 0.3) is 0 Å². The number of fused-ring (bicyclic) bond motifs is 1. The quantitative estimate of drug-likeness (QED) is 0.720. The molecule has 7 heteroatoms. The molecule has 0 unspecified atom stereocenters. The first kappa shape index (κ1) is 16.0. The highest BCUT2D eigenvalue weighted by Gasteiger charge is 2.20. The summed E-state index contributed by atoms with van der Waals surface area (Å²) in [6.07, 6.45) is 6.98. The van der Waals surface area contributed by atoms with Crippen molar-refractivity contribution in [1.29, 1.82) is 0 Å². The van der Waals surface area contributed by atoms with Crippen LogP contribution in [0, 0.1) is 6.92 Å². The van der Waals surface area contributed by atoms with Gasteiger partial charge in [-0.15, -0.1) is 5.10 Å². The molecule has 0 aliphatic rings. The second-order valence-electron chi connectivity index (χ2n) is 6.93. The zero-order valence-electron chi connectivity index (χ0n) is 14.4. The molecule has 0 saturated heterocycles. The van der Waals surface area contributed by atoms with Crippen LogP contribution < -0.4 is 4.90 Å². The maximum Gasteiger partial charge on any atom is 0.214 e. The average molecular weight is 332 g/mol. The third-order valence-corrected chi connectivity index (χ3v) is 4.98. The van der Waals surface area contributed by atoms with Crippen LogP contribution in [-0.2, 0) is 12.0 Å². The summed E-state index contributed by atoms with van der Waals surface area (Å²) in [5.41, 5.74) is 1.14. The topological polar surface area (TPSA) is 51.2 Å². The molecule has 0 fully saturated rings. The molecule has 0 aliphatic heterocycles. The van der Waals surface area contributed by atoms with Crippen molar-refractivity contribution in [3.05, 3.63) is 30.1 Å². The molecule has 0 aliphatic carbocycles. The minimum absolute atomic E-state index is 0.0577. The van der Waals surface area contributed by atoms with Gasteiger partial charge in [0.15, 0.2) is 0 Å². The highest BCUT2D eigenvalue weighted by Crippen LogP contribution is 2.27. The highest BCUT2D eigenvalue weighted by molar-refractivity contribution is 7.20. The second-order valence-corrected chi connectivity index (χ2v) is 7.87. The van der Waals surface area contributed by atoms with E-state index in [-0.39, 0.29) is 5.41 Å². The Kier molecular flexibility index (Phi) is 4.14. The van der Waals surface area contributed by atoms with Gasteiger partial charge in [0.1, 0.15) is 5.82 Å². The lowest BCUT2D eigenvalue weighted by Crippen LogP contribution is -2.20. The van der Waals surface area contributed by atoms with Gasteiger partial charge in [-0.05, 0) is 13.3 Å². The standard InChI is InChI=1S/C16H24N6S/c1-12-17-7-10-21(12)9-6-8-20(5)15-19-22-11-13(16(2,3)4)18-14(22)23-15/h7,10-11H,6,8-9H2,1-5H3. The van der Waals surface area contributed by atoms with Gasteiger partial charge in [-0.3, -0.25) is 0 Å². The predicted octanol–water partition coefficient (Wildman–Crippen LogP) is 3.12. The minimum Gasteiger partial charge on any atom is -0.350 e. The molecular weight excluding hydrogens is 308 g/mol. The van der Waals surface area contributed by atoms with Gasteiger partial charge in [0.05, 0.1) is 11.9 Å². The third-order valence-electron chi connectivity index (χ3n) is 3.94. The summed E-state index contributed by atoms with van der Waals surface area (Å²) < 4.78 is 4.08. The van der Waals surface area contributed by atoms with E-state index in [9.17, 15) is 0 Å². The third kappa shape index (κ3) is 3.39. The Morgan fingerprint density at radius 1 is 1.30 bits per heavy atom. The van der Waals surface area contributed by atoms with E-state index in [1.165, 1.54) is 0 Å². The summed E-state index contributed by atoms with van der Waals surface area (Å²) >= 11 is 1.64. The van der Waals surface area contributed by atoms with E-state index >= 15 is 0 Å². The number of aromatic nitrogens is 5. The van der Waals surface area contributed by atoms with Gasteiger partial charge in [-0.25, -0.2) is 14.5 Å². The average Bonchev–Trinajstić information content (AvgIpc) is 3.12. The van der Waals surface area contributed by atoms with Crippen LogP contribution in [0.25, 0.3) is 4.96 Å². The fourth-order valence-electron chi connectivity index (χ4n) is 2.42. The molecule has 23 heavy (non-hydrogen) atoms. The van der Waals surface area contributed by atoms with Crippen molar-refractivity contribution < 1.29 is 0 Å². The lowest BCUT2D eigenvalue weighted by atomic mass is 9.93. The number of hydrogen-bond acceptors (Lipinski definition) is 5. The largest absolute Gasteiger partial charge is 0.350 e. The van der Waals surface area contributed by atoms with Gasteiger partial charge in [0.2, 0.25) is 10.1 Å². The molecule has 6 nitrogen and oxygen atoms in total. The predicted molar refractivity (Wildman–Crippen MR) is 94.4 cm³/mol. The van der Waals surface area contributed by atoms with E-state index in [1.54, 1.807) is 11.3 Å². The SMILES string of the molecule is Cc1nccn1CCCN(C)c1nn2cc(C(C)(C)C)nc2s1. The maximum absolute atomic E-state index is 4.70. The number of rotatable bonds is 5. The molecule has 3 aromatic rings. The van der Waals surface area contributed by atoms with Gasteiger partial charge >= 0.3 is 0 Å². The normalized spacial score (nSPS) is 12.2. The van der Waals surface area contributed by atoms with E-state index in [0.717, 1.165) is 41.1 Å². The number of hydrogen-bond donors (Lipinski definition) is 0. The lowest BCUT2D eigenvalue weighted by molar-refractivity contribution is 0.572. The number of anilines is 1. The monoisotopic (exact) mass is 332 g/mol. The lowest BCUT2D eigenvalue weighted by Gasteiger charge is -2.16. The molecule has 3 heterocycles. The summed E-state index contributed by atoms with van der Waals surface area (Å²) in [7, 11) is 2.09. The van der Waals surface area contributed by atoms with Crippen LogP contribution in [0.2, 0.25) is 0 Å². The van der Waals surface area contributed by atoms with Crippen LogP contribution in [0.1, 0.15) is 38.7 Å². The van der Waals surface area contributed by atoms with Crippen molar-refractivity contribution in [2.24, 2.45) is 0 Å². The Morgan fingerprint density at radius 2 is 2.09 bits per heavy atom. The van der Waals surface area contributed by atoms with Crippen molar-refractivity contribution >= 4 is 21.4 Å². The molecular formula is C16H24N6S. The molecule has 0 saturated carbocycles. The highest BCUT2D eigenvalue weighted by atomic mass is 32.1. The van der Waals surface area contributed by atoms with E-state index in [0.29, 0.717) is 0 Å². The van der Waals surface area contributed by atoms with Crippen molar-refractivity contribution in [3.8, 4) is 0 Å². The zero-order chi connectivity index (χ0) is 16.6. The van der Waals surface area contributed by atoms with E-state index in [2.05, 4.69) is 47.4 Å². The van der Waals surface area contributed by atoms with E-state index in [1.807, 2.05) is 30.0 Å². The molecule has 3 aromatic heterocycles. The van der Waals surface area contributed by atoms with Crippen molar-refractivity contribution in [3.63, 3.8) is 0 Å². The summed E-state index contributed by atoms with van der Waals surface area (Å²) in [6, 6.07) is 0. The van der Waals surface area contributed by atoms with Crippen LogP contribution >= 0.6 is 11.3 Å². The Morgan fingerprint density at radius 3 is 2.70 bits per heavy atom. The van der Waals surface area contributed by atoms with Gasteiger partial charge < -0.3 is 9.47 Å². The van der Waals surface area contributed by atoms with Crippen LogP contribution in [0.3, 0.4) is 0 Å². The van der Waals surface area contributed by atoms with Crippen LogP contribution in [-0.4, -0.2) is 37.7 Å². The smallest absolute Gasteiger partial charge is 0.214 e. The Hall–Kier alpha value is -1.89. The molecule has 0 radical (unpaired) electrons. The number of imidazole rings is 2. The van der Waals surface area contributed by atoms with Crippen molar-refractivity contribution in [1.82, 2.24) is 24.1 Å². The molecule has 0 aromatic carbocycles. The summed E-state index contributed by atoms with van der Waals surface area (Å²) in [6.45, 7) is 10.5. The molecule has 124 valence electrons. The molecule has 0 N–H and O–H groups in total. The maximum atomic E-state index is 4.70. The van der Waals surface area contributed by atoms with Crippen LogP contribution in [0.5, 0.6) is 0 Å². The first-order valence-electron chi connectivity index (χ1n) is 7.90. The van der Waals surface area contributed by atoms with Gasteiger partial charge in [-0.1, -0.05) is 32.1 Å². The van der Waals surface area contributed by atoms with Crippen molar-refractivity contribution in [2.45, 2.75) is 46.1 Å². The van der Waals surface area contributed by atoms with E-state index in [4.69, 9.17) is 4.98 Å². The minimum atomic E-state index is 0.0577. The number of aryl methyl sites for hydroxylation is 2. The number of nitrogens with zero attached hydrogens (tertiary/aromatic N) is 6. The molecule has 0 atom stereocenters. The van der Waals surface area contributed by atoms with Crippen molar-refractivity contribution in [2.75, 3.05) is 18.5 Å². The molecule has 0 spiro atoms. The van der Waals surface area contributed by atoms with Gasteiger partial charge in [-0.2, -0.15) is 0 Å². The Bertz CT molecular complexity index is 760. The summed E-state index contributed by atoms with van der Waals surface area (Å²) in [4.78, 5) is 12.1. The van der Waals surface area contributed by atoms with E-state index < -0.39 is 0 Å². The first-order chi connectivity index (χ1) is 10.8.